The average molecular weight is 288 g/mol. The van der Waals surface area contributed by atoms with E-state index in [-0.39, 0.29) is 11.9 Å². The van der Waals surface area contributed by atoms with E-state index in [2.05, 4.69) is 36.6 Å². The highest BCUT2D eigenvalue weighted by molar-refractivity contribution is 5.95. The second kappa shape index (κ2) is 8.18. The molecule has 1 heterocycles. The Kier molecular flexibility index (Phi) is 6.24. The molecule has 1 saturated heterocycles. The van der Waals surface area contributed by atoms with Crippen LogP contribution in [0, 0.1) is 5.92 Å². The molecule has 116 valence electrons. The molecule has 1 aromatic carbocycles. The topological polar surface area (TPSA) is 41.1 Å². The van der Waals surface area contributed by atoms with Gasteiger partial charge in [-0.05, 0) is 55.8 Å². The molecule has 3 heteroatoms. The highest BCUT2D eigenvalue weighted by Gasteiger charge is 2.27. The van der Waals surface area contributed by atoms with Gasteiger partial charge >= 0.3 is 0 Å². The van der Waals surface area contributed by atoms with Gasteiger partial charge < -0.3 is 10.6 Å². The van der Waals surface area contributed by atoms with E-state index in [0.717, 1.165) is 31.5 Å². The third-order valence-corrected chi connectivity index (χ3v) is 4.34. The molecule has 1 aromatic rings. The van der Waals surface area contributed by atoms with Crippen LogP contribution in [0.4, 0.5) is 5.69 Å². The number of hydrogen-bond donors (Lipinski definition) is 2. The van der Waals surface area contributed by atoms with Crippen LogP contribution in [0.1, 0.15) is 51.5 Å². The lowest BCUT2D eigenvalue weighted by atomic mass is 9.92. The summed E-state index contributed by atoms with van der Waals surface area (Å²) >= 11 is 0. The van der Waals surface area contributed by atoms with Crippen molar-refractivity contribution in [3.8, 4) is 0 Å². The van der Waals surface area contributed by atoms with Crippen LogP contribution in [0.5, 0.6) is 0 Å². The number of benzene rings is 1. The third kappa shape index (κ3) is 4.85. The van der Waals surface area contributed by atoms with E-state index in [0.29, 0.717) is 5.92 Å². The van der Waals surface area contributed by atoms with E-state index in [1.54, 1.807) is 0 Å². The van der Waals surface area contributed by atoms with Crippen LogP contribution in [-0.2, 0) is 11.2 Å². The molecule has 1 amide bonds. The molecule has 1 aliphatic rings. The first-order chi connectivity index (χ1) is 10.2. The second-order valence-electron chi connectivity index (χ2n) is 6.19. The fourth-order valence-corrected chi connectivity index (χ4v) is 2.95. The first-order valence-electron chi connectivity index (χ1n) is 8.34. The summed E-state index contributed by atoms with van der Waals surface area (Å²) in [7, 11) is 0. The van der Waals surface area contributed by atoms with Gasteiger partial charge in [-0.3, -0.25) is 4.79 Å². The zero-order chi connectivity index (χ0) is 15.1. The molecule has 3 nitrogen and oxygen atoms in total. The molecule has 0 aromatic heterocycles. The molecule has 2 atom stereocenters. The van der Waals surface area contributed by atoms with Gasteiger partial charge in [-0.2, -0.15) is 0 Å². The molecule has 0 bridgehead atoms. The van der Waals surface area contributed by atoms with Crippen molar-refractivity contribution < 1.29 is 4.79 Å². The van der Waals surface area contributed by atoms with Crippen molar-refractivity contribution in [1.82, 2.24) is 5.32 Å². The first-order valence-corrected chi connectivity index (χ1v) is 8.34. The fourth-order valence-electron chi connectivity index (χ4n) is 2.95. The minimum Gasteiger partial charge on any atom is -0.325 e. The molecule has 2 rings (SSSR count). The zero-order valence-electron chi connectivity index (χ0n) is 13.3. The Bertz CT molecular complexity index is 441. The van der Waals surface area contributed by atoms with Crippen molar-refractivity contribution in [2.45, 2.75) is 58.4 Å². The van der Waals surface area contributed by atoms with Gasteiger partial charge in [0.1, 0.15) is 0 Å². The minimum atomic E-state index is -0.0528. The summed E-state index contributed by atoms with van der Waals surface area (Å²) in [5.41, 5.74) is 2.25. The van der Waals surface area contributed by atoms with E-state index in [9.17, 15) is 4.79 Å². The number of carbonyl (C=O) groups excluding carboxylic acids is 1. The SMILES string of the molecule is CCCCCc1ccc(NC(=O)C2NCCCC2C)cc1. The smallest absolute Gasteiger partial charge is 0.241 e. The number of hydrogen-bond acceptors (Lipinski definition) is 2. The van der Waals surface area contributed by atoms with Gasteiger partial charge in [0, 0.05) is 5.69 Å². The van der Waals surface area contributed by atoms with E-state index in [4.69, 9.17) is 0 Å². The van der Waals surface area contributed by atoms with Crippen LogP contribution in [-0.4, -0.2) is 18.5 Å². The number of amides is 1. The summed E-state index contributed by atoms with van der Waals surface area (Å²) in [6.45, 7) is 5.31. The van der Waals surface area contributed by atoms with E-state index in [1.807, 2.05) is 12.1 Å². The maximum absolute atomic E-state index is 12.3. The molecule has 0 spiro atoms. The van der Waals surface area contributed by atoms with Gasteiger partial charge in [-0.15, -0.1) is 0 Å². The van der Waals surface area contributed by atoms with Crippen LogP contribution < -0.4 is 10.6 Å². The number of rotatable bonds is 6. The minimum absolute atomic E-state index is 0.0528. The van der Waals surface area contributed by atoms with Crippen LogP contribution in [0.2, 0.25) is 0 Å². The summed E-state index contributed by atoms with van der Waals surface area (Å²) in [5.74, 6) is 0.507. The summed E-state index contributed by atoms with van der Waals surface area (Å²) < 4.78 is 0. The molecule has 1 aliphatic heterocycles. The van der Waals surface area contributed by atoms with Crippen molar-refractivity contribution >= 4 is 11.6 Å². The molecule has 0 aliphatic carbocycles. The van der Waals surface area contributed by atoms with Crippen LogP contribution in [0.15, 0.2) is 24.3 Å². The Morgan fingerprint density at radius 3 is 2.71 bits per heavy atom. The largest absolute Gasteiger partial charge is 0.325 e. The monoisotopic (exact) mass is 288 g/mol. The lowest BCUT2D eigenvalue weighted by Crippen LogP contribution is -2.48. The Hall–Kier alpha value is -1.35. The second-order valence-corrected chi connectivity index (χ2v) is 6.19. The standard InChI is InChI=1S/C18H28N2O/c1-3-4-5-8-15-9-11-16(12-10-15)20-18(21)17-14(2)7-6-13-19-17/h9-12,14,17,19H,3-8,13H2,1-2H3,(H,20,21). The normalized spacial score (nSPS) is 22.0. The Morgan fingerprint density at radius 2 is 2.05 bits per heavy atom. The Balaban J connectivity index is 1.86. The van der Waals surface area contributed by atoms with E-state index in [1.165, 1.54) is 24.8 Å². The fraction of sp³-hybridized carbons (Fsp3) is 0.611. The number of anilines is 1. The quantitative estimate of drug-likeness (QED) is 0.783. The van der Waals surface area contributed by atoms with Gasteiger partial charge in [-0.25, -0.2) is 0 Å². The van der Waals surface area contributed by atoms with Gasteiger partial charge in [0.05, 0.1) is 6.04 Å². The highest BCUT2D eigenvalue weighted by atomic mass is 16.2. The summed E-state index contributed by atoms with van der Waals surface area (Å²) in [5, 5.41) is 6.36. The highest BCUT2D eigenvalue weighted by Crippen LogP contribution is 2.18. The maximum Gasteiger partial charge on any atom is 0.241 e. The molecule has 0 saturated carbocycles. The number of unbranched alkanes of at least 4 members (excludes halogenated alkanes) is 2. The molecule has 2 unspecified atom stereocenters. The summed E-state index contributed by atoms with van der Waals surface area (Å²) in [6, 6.07) is 8.24. The molecular formula is C18H28N2O. The maximum atomic E-state index is 12.3. The molecule has 0 radical (unpaired) electrons. The van der Waals surface area contributed by atoms with Crippen molar-refractivity contribution in [2.75, 3.05) is 11.9 Å². The van der Waals surface area contributed by atoms with Gasteiger partial charge in [0.2, 0.25) is 5.91 Å². The predicted octanol–water partition coefficient (Wildman–Crippen LogP) is 3.75. The lowest BCUT2D eigenvalue weighted by molar-refractivity contribution is -0.119. The lowest BCUT2D eigenvalue weighted by Gasteiger charge is -2.28. The van der Waals surface area contributed by atoms with Crippen molar-refractivity contribution in [3.05, 3.63) is 29.8 Å². The number of carbonyl (C=O) groups is 1. The van der Waals surface area contributed by atoms with Crippen molar-refractivity contribution in [1.29, 1.82) is 0 Å². The predicted molar refractivity (Wildman–Crippen MR) is 88.5 cm³/mol. The molecule has 21 heavy (non-hydrogen) atoms. The molecule has 2 N–H and O–H groups in total. The average Bonchev–Trinajstić information content (AvgIpc) is 2.49. The van der Waals surface area contributed by atoms with Gasteiger partial charge in [-0.1, -0.05) is 38.8 Å². The van der Waals surface area contributed by atoms with Crippen LogP contribution in [0.25, 0.3) is 0 Å². The van der Waals surface area contributed by atoms with Crippen molar-refractivity contribution in [2.24, 2.45) is 5.92 Å². The Labute approximate surface area is 128 Å². The number of aryl methyl sites for hydroxylation is 1. The van der Waals surface area contributed by atoms with Gasteiger partial charge in [0.25, 0.3) is 0 Å². The van der Waals surface area contributed by atoms with E-state index >= 15 is 0 Å². The van der Waals surface area contributed by atoms with Gasteiger partial charge in [0.15, 0.2) is 0 Å². The summed E-state index contributed by atoms with van der Waals surface area (Å²) in [6.07, 6.45) is 7.19. The summed E-state index contributed by atoms with van der Waals surface area (Å²) in [4.78, 5) is 12.3. The zero-order valence-corrected chi connectivity index (χ0v) is 13.3. The number of nitrogens with one attached hydrogen (secondary N) is 2. The Morgan fingerprint density at radius 1 is 1.29 bits per heavy atom. The molecule has 1 fully saturated rings. The van der Waals surface area contributed by atoms with Crippen LogP contribution in [0.3, 0.4) is 0 Å². The van der Waals surface area contributed by atoms with Crippen LogP contribution >= 0.6 is 0 Å². The number of piperidine rings is 1. The third-order valence-electron chi connectivity index (χ3n) is 4.34. The molecular weight excluding hydrogens is 260 g/mol. The van der Waals surface area contributed by atoms with E-state index < -0.39 is 0 Å². The van der Waals surface area contributed by atoms with Crippen molar-refractivity contribution in [3.63, 3.8) is 0 Å². The first kappa shape index (κ1) is 16.0.